The van der Waals surface area contributed by atoms with Crippen molar-refractivity contribution in [3.8, 4) is 11.6 Å². The molecule has 4 rings (SSSR count). The number of hydrogen-bond donors (Lipinski definition) is 2. The highest BCUT2D eigenvalue weighted by Gasteiger charge is 2.20. The summed E-state index contributed by atoms with van der Waals surface area (Å²) >= 11 is 0. The van der Waals surface area contributed by atoms with Gasteiger partial charge in [-0.15, -0.1) is 0 Å². The summed E-state index contributed by atoms with van der Waals surface area (Å²) in [5.41, 5.74) is 8.87. The molecule has 1 aromatic carbocycles. The maximum atomic E-state index is 6.22. The van der Waals surface area contributed by atoms with E-state index in [9.17, 15) is 0 Å². The molecule has 3 aromatic heterocycles. The number of aromatic nitrogens is 4. The molecule has 0 spiro atoms. The molecule has 0 fully saturated rings. The van der Waals surface area contributed by atoms with Crippen molar-refractivity contribution in [3.63, 3.8) is 0 Å². The van der Waals surface area contributed by atoms with Crippen molar-refractivity contribution in [1.82, 2.24) is 19.5 Å². The summed E-state index contributed by atoms with van der Waals surface area (Å²) in [6.45, 7) is 5.84. The molecule has 150 valence electrons. The Morgan fingerprint density at radius 3 is 2.62 bits per heavy atom. The van der Waals surface area contributed by atoms with Crippen LogP contribution in [0, 0.1) is 5.92 Å². The first-order chi connectivity index (χ1) is 14.1. The van der Waals surface area contributed by atoms with E-state index in [1.54, 1.807) is 6.26 Å². The van der Waals surface area contributed by atoms with Gasteiger partial charge >= 0.3 is 0 Å². The number of fused-ring (bicyclic) bond motifs is 1. The monoisotopic (exact) mass is 390 g/mol. The highest BCUT2D eigenvalue weighted by molar-refractivity contribution is 5.86. The van der Waals surface area contributed by atoms with Gasteiger partial charge in [0.1, 0.15) is 0 Å². The van der Waals surface area contributed by atoms with Crippen LogP contribution in [0.1, 0.15) is 25.8 Å². The lowest BCUT2D eigenvalue weighted by atomic mass is 10.1. The van der Waals surface area contributed by atoms with E-state index in [-0.39, 0.29) is 0 Å². The summed E-state index contributed by atoms with van der Waals surface area (Å²) in [5, 5.41) is 3.31. The van der Waals surface area contributed by atoms with E-state index in [0.29, 0.717) is 29.0 Å². The molecular formula is C22H26N6O. The Morgan fingerprint density at radius 2 is 1.90 bits per heavy atom. The molecule has 0 aliphatic carbocycles. The summed E-state index contributed by atoms with van der Waals surface area (Å²) in [5.74, 6) is 2.73. The third kappa shape index (κ3) is 4.23. The van der Waals surface area contributed by atoms with Crippen LogP contribution in [0.2, 0.25) is 0 Å². The van der Waals surface area contributed by atoms with Gasteiger partial charge in [-0.3, -0.25) is 0 Å². The largest absolute Gasteiger partial charge is 0.461 e. The van der Waals surface area contributed by atoms with Gasteiger partial charge in [-0.25, -0.2) is 4.98 Å². The summed E-state index contributed by atoms with van der Waals surface area (Å²) in [4.78, 5) is 13.8. The van der Waals surface area contributed by atoms with Crippen molar-refractivity contribution in [2.75, 3.05) is 17.6 Å². The number of hydrogen-bond acceptors (Lipinski definition) is 6. The molecule has 0 saturated heterocycles. The Kier molecular flexibility index (Phi) is 5.46. The Balaban J connectivity index is 1.58. The third-order valence-corrected chi connectivity index (χ3v) is 4.68. The zero-order valence-corrected chi connectivity index (χ0v) is 16.8. The fourth-order valence-electron chi connectivity index (χ4n) is 3.37. The lowest BCUT2D eigenvalue weighted by molar-refractivity contribution is 0.520. The van der Waals surface area contributed by atoms with Crippen molar-refractivity contribution in [1.29, 1.82) is 0 Å². The number of aryl methyl sites for hydroxylation is 1. The minimum absolute atomic E-state index is 0.371. The molecule has 29 heavy (non-hydrogen) atoms. The fraction of sp³-hybridized carbons (Fsp3) is 0.318. The zero-order valence-electron chi connectivity index (χ0n) is 16.8. The first-order valence-electron chi connectivity index (χ1n) is 9.97. The highest BCUT2D eigenvalue weighted by atomic mass is 16.3. The smallest absolute Gasteiger partial charge is 0.226 e. The standard InChI is InChI=1S/C22H26N6O/c1-15(2)14-28-20(17-11-7-13-29-17)25-18-19(23)26-22(27-21(18)28)24-12-6-10-16-8-4-3-5-9-16/h3-5,7-9,11,13,15H,6,10,12,14H2,1-2H3,(H3,23,24,26,27). The molecule has 0 unspecified atom stereocenters. The van der Waals surface area contributed by atoms with Crippen LogP contribution in [0.25, 0.3) is 22.7 Å². The molecule has 0 saturated carbocycles. The molecule has 0 atom stereocenters. The van der Waals surface area contributed by atoms with Crippen LogP contribution in [-0.2, 0) is 13.0 Å². The van der Waals surface area contributed by atoms with Gasteiger partial charge < -0.3 is 20.0 Å². The van der Waals surface area contributed by atoms with Gasteiger partial charge in [-0.05, 0) is 36.5 Å². The van der Waals surface area contributed by atoms with Crippen molar-refractivity contribution in [2.24, 2.45) is 5.92 Å². The zero-order chi connectivity index (χ0) is 20.2. The maximum absolute atomic E-state index is 6.22. The maximum Gasteiger partial charge on any atom is 0.226 e. The Morgan fingerprint density at radius 1 is 1.07 bits per heavy atom. The predicted molar refractivity (Wildman–Crippen MR) is 116 cm³/mol. The molecule has 7 heteroatoms. The third-order valence-electron chi connectivity index (χ3n) is 4.68. The molecule has 0 amide bonds. The van der Waals surface area contributed by atoms with E-state index in [1.165, 1.54) is 5.56 Å². The van der Waals surface area contributed by atoms with Crippen LogP contribution < -0.4 is 11.1 Å². The van der Waals surface area contributed by atoms with Gasteiger partial charge in [0.25, 0.3) is 0 Å². The molecule has 3 heterocycles. The van der Waals surface area contributed by atoms with Gasteiger partial charge in [0, 0.05) is 13.1 Å². The van der Waals surface area contributed by atoms with Crippen LogP contribution in [0.3, 0.4) is 0 Å². The van der Waals surface area contributed by atoms with Gasteiger partial charge in [0.2, 0.25) is 5.95 Å². The van der Waals surface area contributed by atoms with Gasteiger partial charge in [-0.1, -0.05) is 44.2 Å². The number of anilines is 2. The Labute approximate surface area is 170 Å². The number of nitrogens with one attached hydrogen (secondary N) is 1. The molecule has 0 aliphatic heterocycles. The summed E-state index contributed by atoms with van der Waals surface area (Å²) in [6.07, 6.45) is 3.62. The van der Waals surface area contributed by atoms with E-state index >= 15 is 0 Å². The molecule has 4 aromatic rings. The van der Waals surface area contributed by atoms with Crippen molar-refractivity contribution < 1.29 is 4.42 Å². The minimum atomic E-state index is 0.371. The van der Waals surface area contributed by atoms with Crippen molar-refractivity contribution >= 4 is 22.9 Å². The lowest BCUT2D eigenvalue weighted by Gasteiger charge is -2.11. The molecule has 0 bridgehead atoms. The van der Waals surface area contributed by atoms with Gasteiger partial charge in [0.05, 0.1) is 6.26 Å². The lowest BCUT2D eigenvalue weighted by Crippen LogP contribution is -2.10. The number of rotatable bonds is 8. The number of furan rings is 1. The first kappa shape index (κ1) is 19.0. The number of imidazole rings is 1. The Hall–Kier alpha value is -3.35. The van der Waals surface area contributed by atoms with Crippen LogP contribution in [0.4, 0.5) is 11.8 Å². The second-order valence-electron chi connectivity index (χ2n) is 7.54. The number of nitrogens with zero attached hydrogens (tertiary/aromatic N) is 4. The summed E-state index contributed by atoms with van der Waals surface area (Å²) in [7, 11) is 0. The minimum Gasteiger partial charge on any atom is -0.461 e. The number of benzene rings is 1. The van der Waals surface area contributed by atoms with E-state index in [4.69, 9.17) is 15.1 Å². The van der Waals surface area contributed by atoms with Crippen LogP contribution in [0.15, 0.2) is 53.1 Å². The fourth-order valence-corrected chi connectivity index (χ4v) is 3.37. The highest BCUT2D eigenvalue weighted by Crippen LogP contribution is 2.28. The summed E-state index contributed by atoms with van der Waals surface area (Å²) < 4.78 is 7.64. The van der Waals surface area contributed by atoms with E-state index in [2.05, 4.69) is 58.0 Å². The molecular weight excluding hydrogens is 364 g/mol. The van der Waals surface area contributed by atoms with Crippen LogP contribution >= 0.6 is 0 Å². The van der Waals surface area contributed by atoms with Crippen molar-refractivity contribution in [3.05, 3.63) is 54.3 Å². The second-order valence-corrected chi connectivity index (χ2v) is 7.54. The van der Waals surface area contributed by atoms with Gasteiger partial charge in [0.15, 0.2) is 28.6 Å². The average Bonchev–Trinajstić information content (AvgIpc) is 3.35. The van der Waals surface area contributed by atoms with Crippen LogP contribution in [0.5, 0.6) is 0 Å². The number of nitrogens with two attached hydrogens (primary N) is 1. The normalized spacial score (nSPS) is 11.4. The molecule has 0 aliphatic rings. The Bertz CT molecular complexity index is 1070. The van der Waals surface area contributed by atoms with Crippen molar-refractivity contribution in [2.45, 2.75) is 33.2 Å². The SMILES string of the molecule is CC(C)Cn1c(-c2ccco2)nc2c(N)nc(NCCCc3ccccc3)nc21. The molecule has 0 radical (unpaired) electrons. The van der Waals surface area contributed by atoms with Crippen LogP contribution in [-0.4, -0.2) is 26.1 Å². The molecule has 3 N–H and O–H groups in total. The average molecular weight is 390 g/mol. The van der Waals surface area contributed by atoms with E-state index < -0.39 is 0 Å². The topological polar surface area (TPSA) is 94.8 Å². The molecule has 7 nitrogen and oxygen atoms in total. The van der Waals surface area contributed by atoms with Gasteiger partial charge in [-0.2, -0.15) is 9.97 Å². The quantitative estimate of drug-likeness (QED) is 0.434. The van der Waals surface area contributed by atoms with E-state index in [1.807, 2.05) is 18.2 Å². The van der Waals surface area contributed by atoms with E-state index in [0.717, 1.165) is 37.4 Å². The summed E-state index contributed by atoms with van der Waals surface area (Å²) in [6, 6.07) is 14.2. The second kappa shape index (κ2) is 8.34. The number of nitrogen functional groups attached to an aromatic ring is 1. The first-order valence-corrected chi connectivity index (χ1v) is 9.97. The predicted octanol–water partition coefficient (Wildman–Crippen LogP) is 4.37.